The number of rotatable bonds is 7. The summed E-state index contributed by atoms with van der Waals surface area (Å²) < 4.78 is 7.58. The summed E-state index contributed by atoms with van der Waals surface area (Å²) in [5, 5.41) is 6.71. The molecule has 0 radical (unpaired) electrons. The van der Waals surface area contributed by atoms with Crippen molar-refractivity contribution >= 4 is 22.9 Å². The molecule has 7 heteroatoms. The van der Waals surface area contributed by atoms with Gasteiger partial charge >= 0.3 is 6.09 Å². The van der Waals surface area contributed by atoms with E-state index >= 15 is 0 Å². The van der Waals surface area contributed by atoms with Crippen molar-refractivity contribution in [3.63, 3.8) is 0 Å². The molecule has 170 valence electrons. The third-order valence-corrected chi connectivity index (χ3v) is 4.98. The SMILES string of the molecule is CC(C)n1cc(C[C@@H](NC(=O)OC(C)(C)C)C(=O)NCc2ccccn2)c2ccccc21. The summed E-state index contributed by atoms with van der Waals surface area (Å²) in [6.07, 6.45) is 3.46. The van der Waals surface area contributed by atoms with Gasteiger partial charge in [-0.3, -0.25) is 9.78 Å². The van der Waals surface area contributed by atoms with Crippen LogP contribution < -0.4 is 10.6 Å². The van der Waals surface area contributed by atoms with Gasteiger partial charge in [-0.05, 0) is 58.4 Å². The van der Waals surface area contributed by atoms with Gasteiger partial charge in [-0.25, -0.2) is 4.79 Å². The van der Waals surface area contributed by atoms with Gasteiger partial charge in [0.25, 0.3) is 0 Å². The Hall–Kier alpha value is -3.35. The number of fused-ring (bicyclic) bond motifs is 1. The number of nitrogens with one attached hydrogen (secondary N) is 2. The predicted molar refractivity (Wildman–Crippen MR) is 125 cm³/mol. The lowest BCUT2D eigenvalue weighted by Gasteiger charge is -2.23. The molecule has 0 bridgehead atoms. The van der Waals surface area contributed by atoms with Crippen molar-refractivity contribution in [3.05, 3.63) is 66.1 Å². The monoisotopic (exact) mass is 436 g/mol. The Morgan fingerprint density at radius 3 is 2.47 bits per heavy atom. The van der Waals surface area contributed by atoms with Gasteiger partial charge in [0.1, 0.15) is 11.6 Å². The summed E-state index contributed by atoms with van der Waals surface area (Å²) in [6, 6.07) is 13.1. The molecule has 0 aliphatic carbocycles. The molecular formula is C25H32N4O3. The minimum Gasteiger partial charge on any atom is -0.444 e. The van der Waals surface area contributed by atoms with Crippen LogP contribution in [0.5, 0.6) is 0 Å². The van der Waals surface area contributed by atoms with Crippen LogP contribution in [0.3, 0.4) is 0 Å². The second-order valence-corrected chi connectivity index (χ2v) is 9.11. The van der Waals surface area contributed by atoms with E-state index in [1.165, 1.54) is 0 Å². The van der Waals surface area contributed by atoms with Gasteiger partial charge in [0, 0.05) is 35.8 Å². The number of pyridine rings is 1. The number of amides is 2. The van der Waals surface area contributed by atoms with Crippen molar-refractivity contribution in [2.75, 3.05) is 0 Å². The number of nitrogens with zero attached hydrogens (tertiary/aromatic N) is 2. The molecule has 0 saturated carbocycles. The van der Waals surface area contributed by atoms with Crippen LogP contribution in [-0.2, 0) is 22.5 Å². The van der Waals surface area contributed by atoms with Crippen LogP contribution in [0, 0.1) is 0 Å². The Kier molecular flexibility index (Phi) is 7.18. The van der Waals surface area contributed by atoms with Crippen LogP contribution in [-0.4, -0.2) is 33.2 Å². The van der Waals surface area contributed by atoms with Crippen molar-refractivity contribution < 1.29 is 14.3 Å². The molecule has 1 aromatic carbocycles. The summed E-state index contributed by atoms with van der Waals surface area (Å²) in [5.41, 5.74) is 2.17. The number of aromatic nitrogens is 2. The number of hydrogen-bond acceptors (Lipinski definition) is 4. The Morgan fingerprint density at radius 1 is 1.09 bits per heavy atom. The minimum atomic E-state index is -0.792. The highest BCUT2D eigenvalue weighted by Gasteiger charge is 2.26. The van der Waals surface area contributed by atoms with Crippen molar-refractivity contribution in [1.82, 2.24) is 20.2 Å². The van der Waals surface area contributed by atoms with Crippen molar-refractivity contribution in [2.45, 2.75) is 65.3 Å². The van der Waals surface area contributed by atoms with E-state index in [2.05, 4.69) is 46.3 Å². The second-order valence-electron chi connectivity index (χ2n) is 9.11. The van der Waals surface area contributed by atoms with Crippen molar-refractivity contribution in [2.24, 2.45) is 0 Å². The molecule has 0 aliphatic rings. The number of carbonyl (C=O) groups is 2. The van der Waals surface area contributed by atoms with E-state index in [1.807, 2.05) is 36.4 Å². The lowest BCUT2D eigenvalue weighted by molar-refractivity contribution is -0.123. The van der Waals surface area contributed by atoms with E-state index in [9.17, 15) is 9.59 Å². The summed E-state index contributed by atoms with van der Waals surface area (Å²) >= 11 is 0. The number of hydrogen-bond donors (Lipinski definition) is 2. The highest BCUT2D eigenvalue weighted by molar-refractivity contribution is 5.88. The van der Waals surface area contributed by atoms with E-state index in [0.717, 1.165) is 22.2 Å². The standard InChI is InChI=1S/C25H32N4O3/c1-17(2)29-16-18(20-11-6-7-12-22(20)29)14-21(28-24(31)32-25(3,4)5)23(30)27-15-19-10-8-9-13-26-19/h6-13,16-17,21H,14-15H2,1-5H3,(H,27,30)(H,28,31)/t21-/m1/s1. The molecule has 7 nitrogen and oxygen atoms in total. The summed E-state index contributed by atoms with van der Waals surface area (Å²) in [5.74, 6) is -0.289. The van der Waals surface area contributed by atoms with Crippen LogP contribution in [0.4, 0.5) is 4.79 Å². The molecular weight excluding hydrogens is 404 g/mol. The number of alkyl carbamates (subject to hydrolysis) is 1. The zero-order valence-electron chi connectivity index (χ0n) is 19.4. The number of para-hydroxylation sites is 1. The van der Waals surface area contributed by atoms with E-state index in [1.54, 1.807) is 27.0 Å². The number of carbonyl (C=O) groups excluding carboxylic acids is 2. The largest absolute Gasteiger partial charge is 0.444 e. The summed E-state index contributed by atoms with van der Waals surface area (Å²) in [4.78, 5) is 29.8. The van der Waals surface area contributed by atoms with Crippen LogP contribution >= 0.6 is 0 Å². The normalized spacial score (nSPS) is 12.6. The van der Waals surface area contributed by atoms with Gasteiger partial charge in [-0.1, -0.05) is 24.3 Å². The first-order chi connectivity index (χ1) is 15.1. The third kappa shape index (κ3) is 6.09. The molecule has 1 atom stereocenters. The zero-order valence-corrected chi connectivity index (χ0v) is 19.4. The predicted octanol–water partition coefficient (Wildman–Crippen LogP) is 4.37. The molecule has 0 aliphatic heterocycles. The summed E-state index contributed by atoms with van der Waals surface area (Å²) in [7, 11) is 0. The molecule has 3 aromatic rings. The fourth-order valence-corrected chi connectivity index (χ4v) is 3.55. The maximum Gasteiger partial charge on any atom is 0.408 e. The minimum absolute atomic E-state index is 0.267. The first-order valence-corrected chi connectivity index (χ1v) is 10.9. The number of benzene rings is 1. The van der Waals surface area contributed by atoms with Crippen LogP contribution in [0.1, 0.15) is 51.9 Å². The Morgan fingerprint density at radius 2 is 1.81 bits per heavy atom. The Balaban J connectivity index is 1.84. The van der Waals surface area contributed by atoms with Gasteiger partial charge in [0.05, 0.1) is 12.2 Å². The van der Waals surface area contributed by atoms with E-state index in [4.69, 9.17) is 4.74 Å². The Labute approximate surface area is 189 Å². The lowest BCUT2D eigenvalue weighted by Crippen LogP contribution is -2.49. The molecule has 0 saturated heterocycles. The van der Waals surface area contributed by atoms with Gasteiger partial charge in [0.15, 0.2) is 0 Å². The van der Waals surface area contributed by atoms with Crippen LogP contribution in [0.25, 0.3) is 10.9 Å². The maximum atomic E-state index is 13.1. The van der Waals surface area contributed by atoms with Gasteiger partial charge in [-0.15, -0.1) is 0 Å². The topological polar surface area (TPSA) is 85.2 Å². The van der Waals surface area contributed by atoms with Gasteiger partial charge < -0.3 is 19.9 Å². The van der Waals surface area contributed by atoms with E-state index < -0.39 is 17.7 Å². The van der Waals surface area contributed by atoms with Crippen molar-refractivity contribution in [3.8, 4) is 0 Å². The van der Waals surface area contributed by atoms with Gasteiger partial charge in [0.2, 0.25) is 5.91 Å². The average molecular weight is 437 g/mol. The highest BCUT2D eigenvalue weighted by atomic mass is 16.6. The lowest BCUT2D eigenvalue weighted by atomic mass is 10.0. The smallest absolute Gasteiger partial charge is 0.408 e. The van der Waals surface area contributed by atoms with Gasteiger partial charge in [-0.2, -0.15) is 0 Å². The quantitative estimate of drug-likeness (QED) is 0.576. The highest BCUT2D eigenvalue weighted by Crippen LogP contribution is 2.25. The Bertz CT molecular complexity index is 1070. The molecule has 32 heavy (non-hydrogen) atoms. The molecule has 3 rings (SSSR count). The maximum absolute atomic E-state index is 13.1. The fraction of sp³-hybridized carbons (Fsp3) is 0.400. The molecule has 2 aromatic heterocycles. The summed E-state index contributed by atoms with van der Waals surface area (Å²) in [6.45, 7) is 9.88. The second kappa shape index (κ2) is 9.85. The first kappa shape index (κ1) is 23.3. The molecule has 0 fully saturated rings. The van der Waals surface area contributed by atoms with Crippen molar-refractivity contribution in [1.29, 1.82) is 0 Å². The van der Waals surface area contributed by atoms with E-state index in [-0.39, 0.29) is 18.5 Å². The molecule has 2 N–H and O–H groups in total. The first-order valence-electron chi connectivity index (χ1n) is 10.9. The number of ether oxygens (including phenoxy) is 1. The third-order valence-electron chi connectivity index (χ3n) is 4.98. The molecule has 2 amide bonds. The fourth-order valence-electron chi connectivity index (χ4n) is 3.55. The van der Waals surface area contributed by atoms with Crippen LogP contribution in [0.2, 0.25) is 0 Å². The van der Waals surface area contributed by atoms with E-state index in [0.29, 0.717) is 6.42 Å². The van der Waals surface area contributed by atoms with Crippen LogP contribution in [0.15, 0.2) is 54.9 Å². The molecule has 0 unspecified atom stereocenters. The molecule has 0 spiro atoms. The zero-order chi connectivity index (χ0) is 23.3. The average Bonchev–Trinajstić information content (AvgIpc) is 3.10. The molecule has 2 heterocycles.